The molecule has 1 N–H and O–H groups in total. The summed E-state index contributed by atoms with van der Waals surface area (Å²) in [6.45, 7) is -1.13. The van der Waals surface area contributed by atoms with Crippen LogP contribution < -0.4 is 5.32 Å². The smallest absolute Gasteiger partial charge is 0.407 e. The van der Waals surface area contributed by atoms with Crippen molar-refractivity contribution in [3.8, 4) is 0 Å². The molecule has 0 bridgehead atoms. The van der Waals surface area contributed by atoms with Gasteiger partial charge in [0.15, 0.2) is 6.61 Å². The molecule has 1 amide bonds. The van der Waals surface area contributed by atoms with Gasteiger partial charge in [-0.15, -0.1) is 0 Å². The number of hydrogen-bond donors (Lipinski definition) is 1. The Morgan fingerprint density at radius 1 is 1.44 bits per heavy atom. The van der Waals surface area contributed by atoms with Crippen molar-refractivity contribution in [2.75, 3.05) is 6.61 Å². The Morgan fingerprint density at radius 2 is 2.11 bits per heavy atom. The van der Waals surface area contributed by atoms with E-state index in [1.165, 1.54) is 0 Å². The lowest BCUT2D eigenvalue weighted by Gasteiger charge is -2.11. The number of hydrogen-bond acceptors (Lipinski definition) is 3. The third kappa shape index (κ3) is 5.13. The molecule has 0 unspecified atom stereocenters. The van der Waals surface area contributed by atoms with Crippen LogP contribution in [0.5, 0.6) is 0 Å². The molecule has 18 heavy (non-hydrogen) atoms. The Morgan fingerprint density at radius 3 is 2.72 bits per heavy atom. The van der Waals surface area contributed by atoms with E-state index in [2.05, 4.69) is 15.2 Å². The van der Waals surface area contributed by atoms with E-state index in [1.807, 2.05) is 11.0 Å². The zero-order valence-corrected chi connectivity index (χ0v) is 9.22. The topological polar surface area (TPSA) is 87.1 Å². The Balaban J connectivity index is 2.32. The van der Waals surface area contributed by atoms with Gasteiger partial charge in [0.1, 0.15) is 0 Å². The summed E-state index contributed by atoms with van der Waals surface area (Å²) in [6, 6.07) is 5.14. The molecule has 1 aromatic carbocycles. The number of amides is 1. The summed E-state index contributed by atoms with van der Waals surface area (Å²) in [6.07, 6.45) is -1.01. The number of nitrogens with one attached hydrogen (secondary N) is 1. The first-order valence-corrected chi connectivity index (χ1v) is 4.92. The van der Waals surface area contributed by atoms with Crippen molar-refractivity contribution in [1.82, 2.24) is 5.32 Å². The summed E-state index contributed by atoms with van der Waals surface area (Å²) in [7, 11) is 0. The zero-order valence-electron chi connectivity index (χ0n) is 9.22. The second-order valence-electron chi connectivity index (χ2n) is 3.27. The predicted octanol–water partition coefficient (Wildman–Crippen LogP) is 2.82. The number of carbonyl (C=O) groups is 1. The van der Waals surface area contributed by atoms with E-state index in [-0.39, 0.29) is 6.54 Å². The van der Waals surface area contributed by atoms with Gasteiger partial charge in [0.2, 0.25) is 0 Å². The van der Waals surface area contributed by atoms with Crippen LogP contribution in [-0.4, -0.2) is 18.7 Å². The van der Waals surface area contributed by atoms with Gasteiger partial charge in [-0.25, -0.2) is 4.79 Å². The molecular weight excluding hydrogens is 246 g/mol. The molecule has 0 aliphatic heterocycles. The van der Waals surface area contributed by atoms with Crippen LogP contribution in [0.3, 0.4) is 0 Å². The zero-order chi connectivity index (χ0) is 13.4. The van der Waals surface area contributed by atoms with E-state index in [9.17, 15) is 13.6 Å². The second-order valence-corrected chi connectivity index (χ2v) is 3.27. The van der Waals surface area contributed by atoms with Gasteiger partial charge in [0.05, 0.1) is 0 Å². The monoisotopic (exact) mass is 256 g/mol. The van der Waals surface area contributed by atoms with Crippen molar-refractivity contribution in [2.45, 2.75) is 12.6 Å². The number of nitrogens with zero attached hydrogens (tertiary/aromatic N) is 3. The molecule has 6 nitrogen and oxygen atoms in total. The van der Waals surface area contributed by atoms with Crippen molar-refractivity contribution in [3.05, 3.63) is 46.3 Å². The quantitative estimate of drug-likeness (QED) is 0.380. The molecule has 0 aromatic heterocycles. The lowest BCUT2D eigenvalue weighted by Crippen LogP contribution is -2.29. The number of carbonyl (C=O) groups excluding carboxylic acids is 1. The average Bonchev–Trinajstić information content (AvgIpc) is 2.35. The van der Waals surface area contributed by atoms with Crippen LogP contribution >= 0.6 is 0 Å². The molecular formula is C10H10F2N4O2. The maximum absolute atomic E-state index is 12.6. The standard InChI is InChI=1S/C10H10F2N4O2/c11-10(12,15-16-13)7-18-9(17)14-6-8-4-2-1-3-5-8/h1-5H,6-7H2,(H,14,17). The minimum Gasteiger partial charge on any atom is -0.443 e. The molecule has 0 atom stereocenters. The number of azide groups is 1. The lowest BCUT2D eigenvalue weighted by atomic mass is 10.2. The molecule has 0 radical (unpaired) electrons. The summed E-state index contributed by atoms with van der Waals surface area (Å²) in [5.74, 6) is 0. The molecule has 0 saturated carbocycles. The third-order valence-corrected chi connectivity index (χ3v) is 1.85. The first-order valence-electron chi connectivity index (χ1n) is 4.92. The van der Waals surface area contributed by atoms with Gasteiger partial charge in [-0.3, -0.25) is 0 Å². The minimum absolute atomic E-state index is 0.159. The average molecular weight is 256 g/mol. The molecule has 8 heteroatoms. The van der Waals surface area contributed by atoms with Crippen molar-refractivity contribution in [1.29, 1.82) is 0 Å². The number of rotatable bonds is 5. The first-order chi connectivity index (χ1) is 8.53. The molecule has 0 aliphatic rings. The highest BCUT2D eigenvalue weighted by Crippen LogP contribution is 2.15. The molecule has 1 aromatic rings. The van der Waals surface area contributed by atoms with Crippen LogP contribution in [-0.2, 0) is 11.3 Å². The molecule has 0 fully saturated rings. The largest absolute Gasteiger partial charge is 0.443 e. The highest BCUT2D eigenvalue weighted by atomic mass is 19.3. The fraction of sp³-hybridized carbons (Fsp3) is 0.300. The summed E-state index contributed by atoms with van der Waals surface area (Å²) < 4.78 is 29.5. The van der Waals surface area contributed by atoms with E-state index >= 15 is 0 Å². The molecule has 0 spiro atoms. The Hall–Kier alpha value is -2.34. The minimum atomic E-state index is -3.74. The van der Waals surface area contributed by atoms with Gasteiger partial charge in [0, 0.05) is 11.5 Å². The van der Waals surface area contributed by atoms with E-state index < -0.39 is 18.7 Å². The van der Waals surface area contributed by atoms with Gasteiger partial charge in [0.25, 0.3) is 0 Å². The van der Waals surface area contributed by atoms with Crippen molar-refractivity contribution in [3.63, 3.8) is 0 Å². The molecule has 96 valence electrons. The van der Waals surface area contributed by atoms with Crippen molar-refractivity contribution < 1.29 is 18.3 Å². The second kappa shape index (κ2) is 6.41. The maximum atomic E-state index is 12.6. The number of benzene rings is 1. The number of halogens is 2. The summed E-state index contributed by atoms with van der Waals surface area (Å²) in [5.41, 5.74) is 8.64. The fourth-order valence-electron chi connectivity index (χ4n) is 1.07. The first kappa shape index (κ1) is 13.7. The van der Waals surface area contributed by atoms with Crippen molar-refractivity contribution >= 4 is 6.09 Å². The summed E-state index contributed by atoms with van der Waals surface area (Å²) >= 11 is 0. The Bertz CT molecular complexity index is 446. The number of alkyl halides is 2. The van der Waals surface area contributed by atoms with Gasteiger partial charge in [-0.1, -0.05) is 30.3 Å². The molecule has 0 aliphatic carbocycles. The van der Waals surface area contributed by atoms with E-state index in [1.54, 1.807) is 24.3 Å². The maximum Gasteiger partial charge on any atom is 0.407 e. The Labute approximate surface area is 101 Å². The SMILES string of the molecule is [N-]=[N+]=NC(F)(F)COC(=O)NCc1ccccc1. The molecule has 0 saturated heterocycles. The van der Waals surface area contributed by atoms with Crippen molar-refractivity contribution in [2.24, 2.45) is 5.11 Å². The normalized spacial score (nSPS) is 10.3. The van der Waals surface area contributed by atoms with E-state index in [0.29, 0.717) is 0 Å². The number of alkyl carbamates (subject to hydrolysis) is 1. The van der Waals surface area contributed by atoms with Crippen LogP contribution in [0.25, 0.3) is 10.4 Å². The fourth-order valence-corrected chi connectivity index (χ4v) is 1.07. The predicted molar refractivity (Wildman–Crippen MR) is 58.7 cm³/mol. The third-order valence-electron chi connectivity index (χ3n) is 1.85. The van der Waals surface area contributed by atoms with Crippen LogP contribution in [0.15, 0.2) is 35.4 Å². The van der Waals surface area contributed by atoms with Crippen LogP contribution in [0.2, 0.25) is 0 Å². The molecule has 1 rings (SSSR count). The lowest BCUT2D eigenvalue weighted by molar-refractivity contribution is -0.0485. The molecule has 0 heterocycles. The summed E-state index contributed by atoms with van der Waals surface area (Å²) in [4.78, 5) is 13.0. The van der Waals surface area contributed by atoms with Gasteiger partial charge < -0.3 is 10.1 Å². The van der Waals surface area contributed by atoms with Gasteiger partial charge in [-0.05, 0) is 16.2 Å². The highest BCUT2D eigenvalue weighted by Gasteiger charge is 2.29. The number of ether oxygens (including phenoxy) is 1. The van der Waals surface area contributed by atoms with E-state index in [0.717, 1.165) is 5.56 Å². The Kier molecular flexibility index (Phi) is 4.89. The van der Waals surface area contributed by atoms with Gasteiger partial charge >= 0.3 is 12.1 Å². The summed E-state index contributed by atoms with van der Waals surface area (Å²) in [5, 5.41) is 4.47. The van der Waals surface area contributed by atoms with E-state index in [4.69, 9.17) is 5.53 Å². The van der Waals surface area contributed by atoms with Crippen LogP contribution in [0, 0.1) is 0 Å². The van der Waals surface area contributed by atoms with Crippen LogP contribution in [0.1, 0.15) is 5.56 Å². The van der Waals surface area contributed by atoms with Crippen LogP contribution in [0.4, 0.5) is 13.6 Å². The highest BCUT2D eigenvalue weighted by molar-refractivity contribution is 5.67. The van der Waals surface area contributed by atoms with Gasteiger partial charge in [-0.2, -0.15) is 8.78 Å².